The van der Waals surface area contributed by atoms with Gasteiger partial charge in [0.2, 0.25) is 5.91 Å². The molecule has 0 saturated carbocycles. The number of rotatable bonds is 8. The predicted molar refractivity (Wildman–Crippen MR) is 148 cm³/mol. The smallest absolute Gasteiger partial charge is 0.318 e. The van der Waals surface area contributed by atoms with Gasteiger partial charge in [0.05, 0.1) is 12.6 Å². The molecule has 0 bridgehead atoms. The summed E-state index contributed by atoms with van der Waals surface area (Å²) in [5.41, 5.74) is 2.05. The molecule has 2 atom stereocenters. The third-order valence-corrected chi connectivity index (χ3v) is 8.07. The zero-order valence-electron chi connectivity index (χ0n) is 23.0. The summed E-state index contributed by atoms with van der Waals surface area (Å²) >= 11 is 0. The molecule has 1 aliphatic heterocycles. The number of carbonyl (C=O) groups excluding carboxylic acids is 3. The van der Waals surface area contributed by atoms with Crippen molar-refractivity contribution in [1.29, 1.82) is 5.26 Å². The van der Waals surface area contributed by atoms with E-state index in [4.69, 9.17) is 0 Å². The molecule has 2 aromatic carbocycles. The molecule has 3 amide bonds. The van der Waals surface area contributed by atoms with Gasteiger partial charge in [-0.25, -0.2) is 0 Å². The van der Waals surface area contributed by atoms with Crippen molar-refractivity contribution in [1.82, 2.24) is 20.9 Å². The largest absolute Gasteiger partial charge is 0.480 e. The van der Waals surface area contributed by atoms with Gasteiger partial charge < -0.3 is 26.0 Å². The van der Waals surface area contributed by atoms with Crippen LogP contribution in [0.25, 0.3) is 0 Å². The molecular weight excluding hydrogens is 510 g/mol. The summed E-state index contributed by atoms with van der Waals surface area (Å²) in [7, 11) is 3.09. The van der Waals surface area contributed by atoms with E-state index in [-0.39, 0.29) is 30.7 Å². The molecule has 0 unspecified atom stereocenters. The van der Waals surface area contributed by atoms with Crippen LogP contribution in [0.5, 0.6) is 0 Å². The number of likely N-dealkylation sites (tertiary alicyclic amines) is 1. The highest BCUT2D eigenvalue weighted by Crippen LogP contribution is 2.44. The highest BCUT2D eigenvalue weighted by atomic mass is 16.4. The van der Waals surface area contributed by atoms with E-state index in [2.05, 4.69) is 22.0 Å². The highest BCUT2D eigenvalue weighted by molar-refractivity contribution is 5.96. The fourth-order valence-corrected chi connectivity index (χ4v) is 6.05. The SMILES string of the molecule is CNC(=O)c1ccc2c(c1)CCc1cc(C(=O)NC)ccc1C2(C[C@H](C)NCC(=O)N1CCC[C@H]1C#N)C(=O)O. The summed E-state index contributed by atoms with van der Waals surface area (Å²) in [6, 6.07) is 11.5. The van der Waals surface area contributed by atoms with E-state index in [0.717, 1.165) is 17.5 Å². The number of aryl methyl sites for hydroxylation is 2. The molecule has 210 valence electrons. The first kappa shape index (κ1) is 28.8. The van der Waals surface area contributed by atoms with Gasteiger partial charge in [-0.15, -0.1) is 0 Å². The Balaban J connectivity index is 1.75. The summed E-state index contributed by atoms with van der Waals surface area (Å²) < 4.78 is 0. The lowest BCUT2D eigenvalue weighted by molar-refractivity contribution is -0.142. The number of nitrogens with one attached hydrogen (secondary N) is 3. The van der Waals surface area contributed by atoms with Crippen LogP contribution < -0.4 is 16.0 Å². The van der Waals surface area contributed by atoms with Crippen LogP contribution in [0.1, 0.15) is 69.2 Å². The van der Waals surface area contributed by atoms with Crippen LogP contribution in [0, 0.1) is 11.3 Å². The zero-order chi connectivity index (χ0) is 29.0. The molecule has 10 nitrogen and oxygen atoms in total. The van der Waals surface area contributed by atoms with Crippen molar-refractivity contribution >= 4 is 23.7 Å². The van der Waals surface area contributed by atoms with Crippen LogP contribution in [-0.2, 0) is 27.8 Å². The van der Waals surface area contributed by atoms with Gasteiger partial charge in [-0.05, 0) is 85.5 Å². The number of carboxylic acids is 1. The number of fused-ring (bicyclic) bond motifs is 2. The average molecular weight is 546 g/mol. The van der Waals surface area contributed by atoms with Crippen molar-refractivity contribution < 1.29 is 24.3 Å². The summed E-state index contributed by atoms with van der Waals surface area (Å²) in [5, 5.41) is 28.7. The van der Waals surface area contributed by atoms with E-state index >= 15 is 0 Å². The Morgan fingerprint density at radius 3 is 2.05 bits per heavy atom. The molecule has 1 fully saturated rings. The molecule has 4 N–H and O–H groups in total. The Kier molecular flexibility index (Phi) is 8.55. The number of benzene rings is 2. The Labute approximate surface area is 233 Å². The predicted octanol–water partition coefficient (Wildman–Crippen LogP) is 1.76. The van der Waals surface area contributed by atoms with E-state index in [0.29, 0.717) is 48.1 Å². The van der Waals surface area contributed by atoms with Gasteiger partial charge in [0.1, 0.15) is 11.5 Å². The molecule has 40 heavy (non-hydrogen) atoms. The van der Waals surface area contributed by atoms with Gasteiger partial charge in [0.25, 0.3) is 11.8 Å². The average Bonchev–Trinajstić information content (AvgIpc) is 3.40. The number of carboxylic acid groups (broad SMARTS) is 1. The van der Waals surface area contributed by atoms with Crippen LogP contribution in [-0.4, -0.2) is 73.0 Å². The topological polar surface area (TPSA) is 152 Å². The van der Waals surface area contributed by atoms with E-state index in [1.165, 1.54) is 0 Å². The first-order valence-corrected chi connectivity index (χ1v) is 13.5. The number of amides is 3. The molecule has 4 rings (SSSR count). The lowest BCUT2D eigenvalue weighted by Crippen LogP contribution is -2.47. The first-order chi connectivity index (χ1) is 19.2. The summed E-state index contributed by atoms with van der Waals surface area (Å²) in [5.74, 6) is -1.77. The maximum absolute atomic E-state index is 13.4. The Hall–Kier alpha value is -4.23. The normalized spacial score (nSPS) is 17.9. The third-order valence-electron chi connectivity index (χ3n) is 8.07. The minimum Gasteiger partial charge on any atom is -0.480 e. The van der Waals surface area contributed by atoms with E-state index in [1.807, 2.05) is 6.92 Å². The van der Waals surface area contributed by atoms with Gasteiger partial charge in [0, 0.05) is 37.8 Å². The molecule has 1 aliphatic carbocycles. The molecule has 1 saturated heterocycles. The Morgan fingerprint density at radius 2 is 1.57 bits per heavy atom. The fourth-order valence-electron chi connectivity index (χ4n) is 6.05. The van der Waals surface area contributed by atoms with Crippen molar-refractivity contribution in [3.05, 3.63) is 69.8 Å². The zero-order valence-corrected chi connectivity index (χ0v) is 23.0. The number of nitriles is 1. The number of aliphatic carboxylic acids is 1. The molecule has 0 aromatic heterocycles. The van der Waals surface area contributed by atoms with Crippen molar-refractivity contribution in [2.75, 3.05) is 27.2 Å². The molecule has 0 spiro atoms. The molecule has 1 heterocycles. The van der Waals surface area contributed by atoms with E-state index in [9.17, 15) is 29.5 Å². The lowest BCUT2D eigenvalue weighted by atomic mass is 9.68. The number of hydrogen-bond donors (Lipinski definition) is 4. The molecule has 0 radical (unpaired) electrons. The molecule has 10 heteroatoms. The van der Waals surface area contributed by atoms with Crippen molar-refractivity contribution in [2.24, 2.45) is 0 Å². The second-order valence-electron chi connectivity index (χ2n) is 10.5. The molecule has 2 aromatic rings. The minimum absolute atomic E-state index is 0.0139. The van der Waals surface area contributed by atoms with Gasteiger partial charge in [-0.2, -0.15) is 5.26 Å². The quantitative estimate of drug-likeness (QED) is 0.394. The van der Waals surface area contributed by atoms with Crippen molar-refractivity contribution in [3.8, 4) is 6.07 Å². The number of carbonyl (C=O) groups is 4. The van der Waals surface area contributed by atoms with Gasteiger partial charge in [0.15, 0.2) is 0 Å². The van der Waals surface area contributed by atoms with Gasteiger partial charge in [-0.1, -0.05) is 12.1 Å². The van der Waals surface area contributed by atoms with Crippen LogP contribution >= 0.6 is 0 Å². The third kappa shape index (κ3) is 5.29. The summed E-state index contributed by atoms with van der Waals surface area (Å²) in [4.78, 5) is 52.6. The molecule has 2 aliphatic rings. The maximum Gasteiger partial charge on any atom is 0.318 e. The second-order valence-corrected chi connectivity index (χ2v) is 10.5. The highest BCUT2D eigenvalue weighted by Gasteiger charge is 2.47. The first-order valence-electron chi connectivity index (χ1n) is 13.5. The van der Waals surface area contributed by atoms with Crippen molar-refractivity contribution in [3.63, 3.8) is 0 Å². The number of hydrogen-bond acceptors (Lipinski definition) is 6. The van der Waals surface area contributed by atoms with E-state index < -0.39 is 23.5 Å². The minimum atomic E-state index is -1.50. The lowest BCUT2D eigenvalue weighted by Gasteiger charge is -2.35. The Bertz CT molecular complexity index is 1310. The van der Waals surface area contributed by atoms with E-state index in [1.54, 1.807) is 55.4 Å². The summed E-state index contributed by atoms with van der Waals surface area (Å²) in [6.07, 6.45) is 2.54. The molecular formula is C30H35N5O5. The van der Waals surface area contributed by atoms with Gasteiger partial charge >= 0.3 is 5.97 Å². The fraction of sp³-hybridized carbons (Fsp3) is 0.433. The van der Waals surface area contributed by atoms with Crippen molar-refractivity contribution in [2.45, 2.75) is 56.5 Å². The summed E-state index contributed by atoms with van der Waals surface area (Å²) in [6.45, 7) is 2.36. The Morgan fingerprint density at radius 1 is 1.02 bits per heavy atom. The maximum atomic E-state index is 13.4. The second kappa shape index (κ2) is 11.9. The number of nitrogens with zero attached hydrogens (tertiary/aromatic N) is 2. The van der Waals surface area contributed by atoms with Crippen LogP contribution in [0.4, 0.5) is 0 Å². The standard InChI is InChI=1S/C30H35N5O5/c1-18(34-17-26(36)35-12-4-5-23(35)16-31)15-30(29(39)40)24-10-8-21(27(37)32-2)13-19(24)6-7-20-14-22(28(38)33-3)9-11-25(20)30/h8-11,13-14,18,23,34H,4-7,12,15,17H2,1-3H3,(H,32,37)(H,33,38)(H,39,40)/t18-,23-/m0/s1. The monoisotopic (exact) mass is 545 g/mol. The van der Waals surface area contributed by atoms with Crippen LogP contribution in [0.15, 0.2) is 36.4 Å². The van der Waals surface area contributed by atoms with Crippen LogP contribution in [0.3, 0.4) is 0 Å². The van der Waals surface area contributed by atoms with Crippen LogP contribution in [0.2, 0.25) is 0 Å². The van der Waals surface area contributed by atoms with Gasteiger partial charge in [-0.3, -0.25) is 19.2 Å².